The lowest BCUT2D eigenvalue weighted by atomic mass is 10.2. The molecule has 0 fully saturated rings. The van der Waals surface area contributed by atoms with Gasteiger partial charge < -0.3 is 10.1 Å². The van der Waals surface area contributed by atoms with E-state index in [2.05, 4.69) is 5.32 Å². The molecular formula is C15H15Cl2NO2S. The highest BCUT2D eigenvalue weighted by atomic mass is 35.5. The number of halogens is 2. The molecule has 1 amide bonds. The molecule has 1 N–H and O–H groups in total. The summed E-state index contributed by atoms with van der Waals surface area (Å²) < 4.78 is 5.43. The number of hydrogen-bond acceptors (Lipinski definition) is 3. The highest BCUT2D eigenvalue weighted by Crippen LogP contribution is 2.25. The van der Waals surface area contributed by atoms with Crippen LogP contribution in [0.15, 0.2) is 30.3 Å². The topological polar surface area (TPSA) is 38.3 Å². The van der Waals surface area contributed by atoms with Crippen molar-refractivity contribution in [3.63, 3.8) is 0 Å². The van der Waals surface area contributed by atoms with Gasteiger partial charge in [-0.25, -0.2) is 0 Å². The fourth-order valence-corrected chi connectivity index (χ4v) is 3.10. The van der Waals surface area contributed by atoms with Gasteiger partial charge in [0.2, 0.25) is 0 Å². The van der Waals surface area contributed by atoms with Crippen LogP contribution in [0.3, 0.4) is 0 Å². The Bertz CT molecular complexity index is 642. The number of benzene rings is 1. The van der Waals surface area contributed by atoms with Gasteiger partial charge in [-0.05, 0) is 37.3 Å². The number of nitrogens with one attached hydrogen (secondary N) is 1. The monoisotopic (exact) mass is 343 g/mol. The molecule has 2 aromatic rings. The number of carbonyl (C=O) groups is 1. The van der Waals surface area contributed by atoms with Crippen LogP contribution in [0.5, 0.6) is 0 Å². The summed E-state index contributed by atoms with van der Waals surface area (Å²) in [5.41, 5.74) is 0.474. The van der Waals surface area contributed by atoms with Crippen molar-refractivity contribution >= 4 is 40.4 Å². The van der Waals surface area contributed by atoms with E-state index in [1.54, 1.807) is 36.6 Å². The third kappa shape index (κ3) is 4.20. The van der Waals surface area contributed by atoms with Crippen molar-refractivity contribution in [2.45, 2.75) is 13.0 Å². The van der Waals surface area contributed by atoms with E-state index in [1.165, 1.54) is 4.88 Å². The van der Waals surface area contributed by atoms with Crippen LogP contribution in [0.1, 0.15) is 26.2 Å². The van der Waals surface area contributed by atoms with E-state index < -0.39 is 0 Å². The number of methoxy groups -OCH3 is 1. The van der Waals surface area contributed by atoms with Crippen LogP contribution in [0.4, 0.5) is 0 Å². The molecule has 0 unspecified atom stereocenters. The van der Waals surface area contributed by atoms with Crippen molar-refractivity contribution in [2.75, 3.05) is 13.7 Å². The molecular weight excluding hydrogens is 329 g/mol. The maximum absolute atomic E-state index is 12.1. The molecule has 0 saturated heterocycles. The van der Waals surface area contributed by atoms with Gasteiger partial charge in [0.25, 0.3) is 5.91 Å². The predicted octanol–water partition coefficient (Wildman–Crippen LogP) is 4.48. The summed E-state index contributed by atoms with van der Waals surface area (Å²) in [5.74, 6) is -0.205. The predicted molar refractivity (Wildman–Crippen MR) is 87.6 cm³/mol. The normalized spacial score (nSPS) is 12.2. The second kappa shape index (κ2) is 7.27. The van der Waals surface area contributed by atoms with Crippen molar-refractivity contribution in [2.24, 2.45) is 0 Å². The molecule has 0 aliphatic heterocycles. The minimum Gasteiger partial charge on any atom is -0.374 e. The summed E-state index contributed by atoms with van der Waals surface area (Å²) in [4.78, 5) is 14.4. The fraction of sp³-hybridized carbons (Fsp3) is 0.267. The molecule has 21 heavy (non-hydrogen) atoms. The first-order chi connectivity index (χ1) is 10.0. The number of aryl methyl sites for hydroxylation is 1. The Labute approximate surface area is 137 Å². The maximum atomic E-state index is 12.1. The van der Waals surface area contributed by atoms with E-state index in [1.807, 2.05) is 19.1 Å². The zero-order chi connectivity index (χ0) is 15.4. The van der Waals surface area contributed by atoms with Gasteiger partial charge in [0, 0.05) is 29.0 Å². The van der Waals surface area contributed by atoms with E-state index in [4.69, 9.17) is 27.9 Å². The highest BCUT2D eigenvalue weighted by Gasteiger charge is 2.15. The molecule has 0 bridgehead atoms. The molecule has 1 heterocycles. The molecule has 112 valence electrons. The first-order valence-electron chi connectivity index (χ1n) is 6.33. The third-order valence-corrected chi connectivity index (χ3v) is 4.82. The smallest absolute Gasteiger partial charge is 0.251 e. The lowest BCUT2D eigenvalue weighted by molar-refractivity contribution is 0.0837. The van der Waals surface area contributed by atoms with Crippen molar-refractivity contribution < 1.29 is 9.53 Å². The number of thiophene rings is 1. The van der Waals surface area contributed by atoms with Gasteiger partial charge >= 0.3 is 0 Å². The van der Waals surface area contributed by atoms with Gasteiger partial charge in [-0.2, -0.15) is 0 Å². The summed E-state index contributed by atoms with van der Waals surface area (Å²) >= 11 is 13.4. The van der Waals surface area contributed by atoms with Crippen LogP contribution in [-0.2, 0) is 4.74 Å². The van der Waals surface area contributed by atoms with Gasteiger partial charge in [0.15, 0.2) is 0 Å². The van der Waals surface area contributed by atoms with Gasteiger partial charge in [-0.1, -0.05) is 23.2 Å². The number of amides is 1. The fourth-order valence-electron chi connectivity index (χ4n) is 1.85. The van der Waals surface area contributed by atoms with Crippen LogP contribution in [0.2, 0.25) is 10.0 Å². The average Bonchev–Trinajstić information content (AvgIpc) is 2.89. The average molecular weight is 344 g/mol. The summed E-state index contributed by atoms with van der Waals surface area (Å²) in [6.45, 7) is 2.44. The number of carbonyl (C=O) groups excluding carboxylic acids is 1. The molecule has 1 atom stereocenters. The van der Waals surface area contributed by atoms with Crippen molar-refractivity contribution in [3.05, 3.63) is 55.7 Å². The molecule has 3 nitrogen and oxygen atoms in total. The van der Waals surface area contributed by atoms with E-state index in [0.29, 0.717) is 22.2 Å². The molecule has 2 rings (SSSR count). The number of ether oxygens (including phenoxy) is 1. The Morgan fingerprint density at radius 2 is 2.05 bits per heavy atom. The third-order valence-electron chi connectivity index (χ3n) is 2.99. The van der Waals surface area contributed by atoms with Crippen LogP contribution in [0, 0.1) is 6.92 Å². The highest BCUT2D eigenvalue weighted by molar-refractivity contribution is 7.12. The molecule has 6 heteroatoms. The Morgan fingerprint density at radius 3 is 2.62 bits per heavy atom. The molecule has 0 aliphatic carbocycles. The molecule has 0 saturated carbocycles. The lowest BCUT2D eigenvalue weighted by Gasteiger charge is -2.14. The first-order valence-corrected chi connectivity index (χ1v) is 7.91. The van der Waals surface area contributed by atoms with Crippen molar-refractivity contribution in [1.82, 2.24) is 5.32 Å². The minimum absolute atomic E-state index is 0.157. The lowest BCUT2D eigenvalue weighted by Crippen LogP contribution is -2.28. The Morgan fingerprint density at radius 1 is 1.29 bits per heavy atom. The summed E-state index contributed by atoms with van der Waals surface area (Å²) in [6.07, 6.45) is -0.157. The van der Waals surface area contributed by atoms with Crippen LogP contribution >= 0.6 is 34.5 Å². The number of rotatable bonds is 5. The van der Waals surface area contributed by atoms with Crippen LogP contribution < -0.4 is 5.32 Å². The largest absolute Gasteiger partial charge is 0.374 e. The van der Waals surface area contributed by atoms with Gasteiger partial charge in [0.05, 0.1) is 10.0 Å². The second-order valence-electron chi connectivity index (χ2n) is 4.51. The first kappa shape index (κ1) is 16.3. The molecule has 1 aromatic carbocycles. The molecule has 0 spiro atoms. The van der Waals surface area contributed by atoms with Gasteiger partial charge in [-0.15, -0.1) is 11.3 Å². The van der Waals surface area contributed by atoms with E-state index in [0.717, 1.165) is 4.88 Å². The van der Waals surface area contributed by atoms with Crippen molar-refractivity contribution in [3.8, 4) is 0 Å². The van der Waals surface area contributed by atoms with Crippen LogP contribution in [0.25, 0.3) is 0 Å². The second-order valence-corrected chi connectivity index (χ2v) is 6.65. The quantitative estimate of drug-likeness (QED) is 0.868. The number of hydrogen-bond donors (Lipinski definition) is 1. The standard InChI is InChI=1S/C15H15Cl2NO2S/c1-9-3-6-14(21-9)13(20-2)8-18-15(19)10-4-5-11(16)12(17)7-10/h3-7,13H,8H2,1-2H3,(H,18,19)/t13-/m0/s1. The van der Waals surface area contributed by atoms with Crippen LogP contribution in [-0.4, -0.2) is 19.6 Å². The zero-order valence-electron chi connectivity index (χ0n) is 11.7. The van der Waals surface area contributed by atoms with E-state index in [-0.39, 0.29) is 12.0 Å². The molecule has 0 aliphatic rings. The molecule has 1 aromatic heterocycles. The Hall–Kier alpha value is -1.07. The minimum atomic E-state index is -0.205. The molecule has 0 radical (unpaired) electrons. The maximum Gasteiger partial charge on any atom is 0.251 e. The van der Waals surface area contributed by atoms with E-state index in [9.17, 15) is 4.79 Å². The zero-order valence-corrected chi connectivity index (χ0v) is 14.0. The SMILES string of the molecule is CO[C@@H](CNC(=O)c1ccc(Cl)c(Cl)c1)c1ccc(C)s1. The summed E-state index contributed by atoms with van der Waals surface area (Å²) in [5, 5.41) is 3.64. The Balaban J connectivity index is 2.00. The van der Waals surface area contributed by atoms with Gasteiger partial charge in [0.1, 0.15) is 6.10 Å². The summed E-state index contributed by atoms with van der Waals surface area (Å²) in [6, 6.07) is 8.85. The van der Waals surface area contributed by atoms with Gasteiger partial charge in [-0.3, -0.25) is 4.79 Å². The van der Waals surface area contributed by atoms with E-state index >= 15 is 0 Å². The van der Waals surface area contributed by atoms with Crippen molar-refractivity contribution in [1.29, 1.82) is 0 Å². The Kier molecular flexibility index (Phi) is 5.65. The summed E-state index contributed by atoms with van der Waals surface area (Å²) in [7, 11) is 1.63.